The average molecular weight is 363 g/mol. The van der Waals surface area contributed by atoms with E-state index in [1.807, 2.05) is 6.07 Å². The first-order valence-corrected chi connectivity index (χ1v) is 8.44. The summed E-state index contributed by atoms with van der Waals surface area (Å²) in [6, 6.07) is 16.7. The largest absolute Gasteiger partial charge is 0.478 e. The first kappa shape index (κ1) is 17.1. The Balaban J connectivity index is 1.80. The molecule has 3 nitrogen and oxygen atoms in total. The van der Waals surface area contributed by atoms with Crippen molar-refractivity contribution in [1.82, 2.24) is 4.98 Å². The van der Waals surface area contributed by atoms with Crippen LogP contribution in [-0.2, 0) is 5.67 Å². The highest BCUT2D eigenvalue weighted by atomic mass is 19.1. The molecular weight excluding hydrogens is 348 g/mol. The number of carboxylic acids is 1. The summed E-state index contributed by atoms with van der Waals surface area (Å²) < 4.78 is 30.3. The monoisotopic (exact) mass is 363 g/mol. The number of carbonyl (C=O) groups is 1. The highest BCUT2D eigenvalue weighted by Crippen LogP contribution is 2.42. The Labute approximate surface area is 154 Å². The molecule has 1 aromatic heterocycles. The topological polar surface area (TPSA) is 50.2 Å². The van der Waals surface area contributed by atoms with Gasteiger partial charge in [0.15, 0.2) is 5.67 Å². The van der Waals surface area contributed by atoms with Crippen LogP contribution in [0.3, 0.4) is 0 Å². The number of aromatic nitrogens is 1. The second-order valence-corrected chi connectivity index (χ2v) is 6.43. The van der Waals surface area contributed by atoms with Crippen molar-refractivity contribution in [2.45, 2.75) is 12.1 Å². The van der Waals surface area contributed by atoms with E-state index in [1.165, 1.54) is 18.2 Å². The maximum Gasteiger partial charge on any atom is 0.336 e. The van der Waals surface area contributed by atoms with Crippen molar-refractivity contribution in [2.75, 3.05) is 0 Å². The standard InChI is InChI=1S/C22H15F2NO2/c23-18-13-22(24,11-10-15(18)14-6-2-1-3-7-14)20-12-17(21(26)27)16-8-4-5-9-19(16)25-20/h1-12H,13H2,(H,26,27). The van der Waals surface area contributed by atoms with Gasteiger partial charge in [-0.3, -0.25) is 0 Å². The zero-order chi connectivity index (χ0) is 19.0. The number of carboxylic acid groups (broad SMARTS) is 1. The van der Waals surface area contributed by atoms with Crippen molar-refractivity contribution >= 4 is 22.4 Å². The van der Waals surface area contributed by atoms with Gasteiger partial charge in [0.05, 0.1) is 16.8 Å². The van der Waals surface area contributed by atoms with Crippen LogP contribution in [0.1, 0.15) is 28.0 Å². The predicted molar refractivity (Wildman–Crippen MR) is 99.7 cm³/mol. The molecule has 0 fully saturated rings. The maximum absolute atomic E-state index is 15.6. The molecule has 1 N–H and O–H groups in total. The van der Waals surface area contributed by atoms with Crippen LogP contribution in [0, 0.1) is 0 Å². The third-order valence-corrected chi connectivity index (χ3v) is 4.68. The van der Waals surface area contributed by atoms with E-state index in [-0.39, 0.29) is 11.3 Å². The summed E-state index contributed by atoms with van der Waals surface area (Å²) in [4.78, 5) is 15.9. The van der Waals surface area contributed by atoms with E-state index in [1.54, 1.807) is 48.5 Å². The average Bonchev–Trinajstić information content (AvgIpc) is 2.67. The molecule has 0 spiro atoms. The molecule has 0 amide bonds. The van der Waals surface area contributed by atoms with Crippen LogP contribution in [0.2, 0.25) is 0 Å². The van der Waals surface area contributed by atoms with Crippen LogP contribution < -0.4 is 0 Å². The zero-order valence-corrected chi connectivity index (χ0v) is 14.2. The highest BCUT2D eigenvalue weighted by molar-refractivity contribution is 6.02. The molecule has 4 rings (SSSR count). The van der Waals surface area contributed by atoms with E-state index in [0.29, 0.717) is 22.0 Å². The van der Waals surface area contributed by atoms with E-state index in [0.717, 1.165) is 0 Å². The Kier molecular flexibility index (Phi) is 4.07. The number of nitrogens with zero attached hydrogens (tertiary/aromatic N) is 1. The van der Waals surface area contributed by atoms with E-state index >= 15 is 4.39 Å². The van der Waals surface area contributed by atoms with Gasteiger partial charge in [-0.05, 0) is 23.8 Å². The highest BCUT2D eigenvalue weighted by Gasteiger charge is 2.37. The van der Waals surface area contributed by atoms with Crippen molar-refractivity contribution in [3.8, 4) is 0 Å². The molecule has 2 aromatic carbocycles. The van der Waals surface area contributed by atoms with Gasteiger partial charge >= 0.3 is 5.97 Å². The lowest BCUT2D eigenvalue weighted by Gasteiger charge is -2.25. The zero-order valence-electron chi connectivity index (χ0n) is 14.2. The van der Waals surface area contributed by atoms with Crippen LogP contribution in [0.4, 0.5) is 8.78 Å². The van der Waals surface area contributed by atoms with Gasteiger partial charge in [0, 0.05) is 17.4 Å². The number of alkyl halides is 1. The van der Waals surface area contributed by atoms with Crippen LogP contribution in [0.25, 0.3) is 16.5 Å². The quantitative estimate of drug-likeness (QED) is 0.674. The van der Waals surface area contributed by atoms with Crippen LogP contribution in [0.5, 0.6) is 0 Å². The van der Waals surface area contributed by atoms with Gasteiger partial charge in [0.25, 0.3) is 0 Å². The summed E-state index contributed by atoms with van der Waals surface area (Å²) >= 11 is 0. The van der Waals surface area contributed by atoms with Gasteiger partial charge in [0.1, 0.15) is 5.83 Å². The number of fused-ring (bicyclic) bond motifs is 1. The third kappa shape index (κ3) is 3.01. The Bertz CT molecular complexity index is 1110. The molecule has 5 heteroatoms. The molecule has 1 atom stereocenters. The number of aromatic carboxylic acids is 1. The van der Waals surface area contributed by atoms with Crippen molar-refractivity contribution in [1.29, 1.82) is 0 Å². The molecule has 0 bridgehead atoms. The van der Waals surface area contributed by atoms with Crippen LogP contribution in [0.15, 0.2) is 78.6 Å². The molecule has 1 aliphatic rings. The SMILES string of the molecule is O=C(O)c1cc(C2(F)C=CC(c3ccccc3)=C(F)C2)nc2ccccc12. The maximum atomic E-state index is 15.6. The molecule has 134 valence electrons. The normalized spacial score (nSPS) is 19.5. The molecule has 1 unspecified atom stereocenters. The molecule has 0 saturated heterocycles. The first-order valence-electron chi connectivity index (χ1n) is 8.44. The van der Waals surface area contributed by atoms with Gasteiger partial charge in [0.2, 0.25) is 0 Å². The van der Waals surface area contributed by atoms with Gasteiger partial charge in [-0.15, -0.1) is 0 Å². The summed E-state index contributed by atoms with van der Waals surface area (Å²) in [7, 11) is 0. The Morgan fingerprint density at radius 3 is 2.48 bits per heavy atom. The number of para-hydroxylation sites is 1. The van der Waals surface area contributed by atoms with Gasteiger partial charge in [-0.1, -0.05) is 54.6 Å². The molecule has 1 heterocycles. The predicted octanol–water partition coefficient (Wildman–Crippen LogP) is 5.44. The van der Waals surface area contributed by atoms with Crippen LogP contribution in [-0.4, -0.2) is 16.1 Å². The first-order chi connectivity index (χ1) is 13.0. The van der Waals surface area contributed by atoms with Crippen molar-refractivity contribution < 1.29 is 18.7 Å². The number of benzene rings is 2. The minimum Gasteiger partial charge on any atom is -0.478 e. The number of halogens is 2. The number of rotatable bonds is 3. The van der Waals surface area contributed by atoms with Gasteiger partial charge < -0.3 is 5.11 Å². The minimum absolute atomic E-state index is 0.0562. The van der Waals surface area contributed by atoms with E-state index in [9.17, 15) is 14.3 Å². The number of allylic oxidation sites excluding steroid dienone is 4. The Hall–Kier alpha value is -3.34. The second kappa shape index (κ2) is 6.43. The van der Waals surface area contributed by atoms with Gasteiger partial charge in [-0.25, -0.2) is 18.6 Å². The Morgan fingerprint density at radius 2 is 1.78 bits per heavy atom. The van der Waals surface area contributed by atoms with Crippen LogP contribution >= 0.6 is 0 Å². The smallest absolute Gasteiger partial charge is 0.336 e. The molecule has 3 aromatic rings. The fourth-order valence-electron chi connectivity index (χ4n) is 3.30. The molecular formula is C22H15F2NO2. The summed E-state index contributed by atoms with van der Waals surface area (Å²) in [5, 5.41) is 9.90. The molecule has 1 aliphatic carbocycles. The lowest BCUT2D eigenvalue weighted by molar-refractivity contribution is 0.0698. The lowest BCUT2D eigenvalue weighted by Crippen LogP contribution is -2.22. The fraction of sp³-hybridized carbons (Fsp3) is 0.0909. The molecule has 0 saturated carbocycles. The minimum atomic E-state index is -2.21. The Morgan fingerprint density at radius 1 is 1.07 bits per heavy atom. The van der Waals surface area contributed by atoms with E-state index in [2.05, 4.69) is 4.98 Å². The summed E-state index contributed by atoms with van der Waals surface area (Å²) in [5.74, 6) is -1.78. The van der Waals surface area contributed by atoms with E-state index in [4.69, 9.17) is 0 Å². The van der Waals surface area contributed by atoms with Gasteiger partial charge in [-0.2, -0.15) is 0 Å². The van der Waals surface area contributed by atoms with Crippen molar-refractivity contribution in [2.24, 2.45) is 0 Å². The molecule has 27 heavy (non-hydrogen) atoms. The van der Waals surface area contributed by atoms with E-state index < -0.39 is 23.9 Å². The third-order valence-electron chi connectivity index (χ3n) is 4.68. The summed E-state index contributed by atoms with van der Waals surface area (Å²) in [6.45, 7) is 0. The second-order valence-electron chi connectivity index (χ2n) is 6.43. The van der Waals surface area contributed by atoms with Crippen molar-refractivity contribution in [3.63, 3.8) is 0 Å². The summed E-state index contributed by atoms with van der Waals surface area (Å²) in [6.07, 6.45) is 2.12. The number of pyridine rings is 1. The fourth-order valence-corrected chi connectivity index (χ4v) is 3.30. The molecule has 0 aliphatic heterocycles. The number of hydrogen-bond donors (Lipinski definition) is 1. The van der Waals surface area contributed by atoms with Crippen molar-refractivity contribution in [3.05, 3.63) is 95.5 Å². The summed E-state index contributed by atoms with van der Waals surface area (Å²) in [5.41, 5.74) is -1.04. The lowest BCUT2D eigenvalue weighted by atomic mass is 9.86. The molecule has 0 radical (unpaired) electrons. The number of hydrogen-bond acceptors (Lipinski definition) is 2.